The smallest absolute Gasteiger partial charge is 0.222 e. The lowest BCUT2D eigenvalue weighted by molar-refractivity contribution is -0.128. The van der Waals surface area contributed by atoms with Crippen molar-refractivity contribution in [2.45, 2.75) is 45.1 Å². The Hall–Kier alpha value is -1.35. The summed E-state index contributed by atoms with van der Waals surface area (Å²) < 4.78 is 5.79. The summed E-state index contributed by atoms with van der Waals surface area (Å²) in [5.74, 6) is 1.12. The van der Waals surface area contributed by atoms with E-state index < -0.39 is 0 Å². The third-order valence-corrected chi connectivity index (χ3v) is 4.27. The lowest BCUT2D eigenvalue weighted by Crippen LogP contribution is -2.36. The van der Waals surface area contributed by atoms with E-state index in [1.807, 2.05) is 11.0 Å². The van der Waals surface area contributed by atoms with Crippen molar-refractivity contribution in [3.63, 3.8) is 0 Å². The van der Waals surface area contributed by atoms with Crippen molar-refractivity contribution in [3.05, 3.63) is 35.9 Å². The van der Waals surface area contributed by atoms with E-state index in [9.17, 15) is 4.79 Å². The summed E-state index contributed by atoms with van der Waals surface area (Å²) in [5, 5.41) is 0. The quantitative estimate of drug-likeness (QED) is 0.769. The summed E-state index contributed by atoms with van der Waals surface area (Å²) in [7, 11) is 1.79. The Bertz CT molecular complexity index is 444. The van der Waals surface area contributed by atoms with Crippen molar-refractivity contribution in [2.24, 2.45) is 5.92 Å². The second kappa shape index (κ2) is 7.60. The van der Waals surface area contributed by atoms with E-state index in [0.717, 1.165) is 25.9 Å². The molecule has 1 saturated heterocycles. The number of carbonyl (C=O) groups excluding carboxylic acids is 1. The molecule has 1 fully saturated rings. The highest BCUT2D eigenvalue weighted by molar-refractivity contribution is 5.78. The van der Waals surface area contributed by atoms with Crippen LogP contribution in [0.2, 0.25) is 0 Å². The van der Waals surface area contributed by atoms with Crippen molar-refractivity contribution >= 4 is 5.91 Å². The highest BCUT2D eigenvalue weighted by Gasteiger charge is 2.29. The first-order valence-corrected chi connectivity index (χ1v) is 7.97. The molecular weight excluding hydrogens is 262 g/mol. The third-order valence-electron chi connectivity index (χ3n) is 4.27. The zero-order chi connectivity index (χ0) is 15.2. The molecule has 2 rings (SSSR count). The number of nitrogens with zero attached hydrogens (tertiary/aromatic N) is 1. The van der Waals surface area contributed by atoms with Gasteiger partial charge in [0.1, 0.15) is 0 Å². The summed E-state index contributed by atoms with van der Waals surface area (Å²) in [6.45, 7) is 6.10. The van der Waals surface area contributed by atoms with Gasteiger partial charge in [0.15, 0.2) is 0 Å². The number of likely N-dealkylation sites (tertiary alicyclic amines) is 1. The number of benzene rings is 1. The molecule has 1 amide bonds. The molecule has 3 heteroatoms. The molecule has 1 aliphatic heterocycles. The van der Waals surface area contributed by atoms with Gasteiger partial charge in [-0.1, -0.05) is 44.2 Å². The molecule has 0 aliphatic carbocycles. The van der Waals surface area contributed by atoms with Crippen LogP contribution in [0.4, 0.5) is 0 Å². The SMILES string of the molecule is CO[C@@H](CC(C)C)C(CN1CCCC1=O)c1ccccc1. The molecule has 0 N–H and O–H groups in total. The molecule has 1 aromatic carbocycles. The molecule has 0 aromatic heterocycles. The molecule has 21 heavy (non-hydrogen) atoms. The maximum atomic E-state index is 12.0. The van der Waals surface area contributed by atoms with Gasteiger partial charge in [-0.15, -0.1) is 0 Å². The van der Waals surface area contributed by atoms with Crippen LogP contribution in [0.1, 0.15) is 44.6 Å². The van der Waals surface area contributed by atoms with Gasteiger partial charge in [0.25, 0.3) is 0 Å². The number of hydrogen-bond donors (Lipinski definition) is 0. The van der Waals surface area contributed by atoms with Gasteiger partial charge in [-0.3, -0.25) is 4.79 Å². The zero-order valence-electron chi connectivity index (χ0n) is 13.4. The van der Waals surface area contributed by atoms with E-state index in [0.29, 0.717) is 12.3 Å². The van der Waals surface area contributed by atoms with Gasteiger partial charge in [0.2, 0.25) is 5.91 Å². The average Bonchev–Trinajstić information content (AvgIpc) is 2.88. The average molecular weight is 289 g/mol. The summed E-state index contributed by atoms with van der Waals surface area (Å²) in [5.41, 5.74) is 1.27. The van der Waals surface area contributed by atoms with Gasteiger partial charge in [0.05, 0.1) is 6.10 Å². The van der Waals surface area contributed by atoms with Crippen LogP contribution in [0.5, 0.6) is 0 Å². The van der Waals surface area contributed by atoms with Gasteiger partial charge in [-0.05, 0) is 24.3 Å². The Balaban J connectivity index is 2.18. The molecule has 0 bridgehead atoms. The number of carbonyl (C=O) groups is 1. The van der Waals surface area contributed by atoms with Crippen LogP contribution in [0.3, 0.4) is 0 Å². The van der Waals surface area contributed by atoms with E-state index >= 15 is 0 Å². The maximum Gasteiger partial charge on any atom is 0.222 e. The van der Waals surface area contributed by atoms with E-state index in [1.54, 1.807) is 7.11 Å². The number of rotatable bonds is 7. The lowest BCUT2D eigenvalue weighted by Gasteiger charge is -2.31. The molecule has 3 nitrogen and oxygen atoms in total. The number of methoxy groups -OCH3 is 1. The second-order valence-electron chi connectivity index (χ2n) is 6.36. The van der Waals surface area contributed by atoms with E-state index in [-0.39, 0.29) is 17.9 Å². The molecule has 2 atom stereocenters. The van der Waals surface area contributed by atoms with Crippen LogP contribution in [0.15, 0.2) is 30.3 Å². The topological polar surface area (TPSA) is 29.5 Å². The van der Waals surface area contributed by atoms with Crippen LogP contribution < -0.4 is 0 Å². The number of hydrogen-bond acceptors (Lipinski definition) is 2. The van der Waals surface area contributed by atoms with Crippen LogP contribution in [0, 0.1) is 5.92 Å². The second-order valence-corrected chi connectivity index (χ2v) is 6.36. The summed E-state index contributed by atoms with van der Waals surface area (Å²) >= 11 is 0. The minimum absolute atomic E-state index is 0.154. The molecule has 1 heterocycles. The Labute approximate surface area is 128 Å². The fraction of sp³-hybridized carbons (Fsp3) is 0.611. The summed E-state index contributed by atoms with van der Waals surface area (Å²) in [6, 6.07) is 10.5. The van der Waals surface area contributed by atoms with Crippen molar-refractivity contribution in [1.82, 2.24) is 4.90 Å². The van der Waals surface area contributed by atoms with E-state index in [4.69, 9.17) is 4.74 Å². The van der Waals surface area contributed by atoms with Gasteiger partial charge in [-0.2, -0.15) is 0 Å². The highest BCUT2D eigenvalue weighted by Crippen LogP contribution is 2.28. The van der Waals surface area contributed by atoms with Crippen LogP contribution in [-0.4, -0.2) is 37.1 Å². The van der Waals surface area contributed by atoms with E-state index in [1.165, 1.54) is 5.56 Å². The fourth-order valence-corrected chi connectivity index (χ4v) is 3.16. The Morgan fingerprint density at radius 1 is 1.24 bits per heavy atom. The fourth-order valence-electron chi connectivity index (χ4n) is 3.16. The molecule has 1 aromatic rings. The van der Waals surface area contributed by atoms with Gasteiger partial charge < -0.3 is 9.64 Å². The first-order valence-electron chi connectivity index (χ1n) is 7.97. The Morgan fingerprint density at radius 2 is 1.95 bits per heavy atom. The van der Waals surface area contributed by atoms with Crippen molar-refractivity contribution in [2.75, 3.05) is 20.2 Å². The predicted octanol–water partition coefficient (Wildman–Crippen LogP) is 3.45. The Kier molecular flexibility index (Phi) is 5.80. The zero-order valence-corrected chi connectivity index (χ0v) is 13.4. The predicted molar refractivity (Wildman–Crippen MR) is 85.2 cm³/mol. The molecule has 0 radical (unpaired) electrons. The minimum atomic E-state index is 0.154. The van der Waals surface area contributed by atoms with Gasteiger partial charge >= 0.3 is 0 Å². The molecule has 0 spiro atoms. The molecule has 1 aliphatic rings. The molecule has 1 unspecified atom stereocenters. The maximum absolute atomic E-state index is 12.0. The number of amides is 1. The standard InChI is InChI=1S/C18H27NO2/c1-14(2)12-17(21-3)16(15-8-5-4-6-9-15)13-19-11-7-10-18(19)20/h4-6,8-9,14,16-17H,7,10-13H2,1-3H3/t16?,17-/m0/s1. The monoisotopic (exact) mass is 289 g/mol. The number of ether oxygens (including phenoxy) is 1. The first kappa shape index (κ1) is 16.0. The normalized spacial score (nSPS) is 18.3. The third kappa shape index (κ3) is 4.31. The minimum Gasteiger partial charge on any atom is -0.381 e. The summed E-state index contributed by atoms with van der Waals surface area (Å²) in [4.78, 5) is 14.0. The van der Waals surface area contributed by atoms with Gasteiger partial charge in [0, 0.05) is 32.5 Å². The molecule has 0 saturated carbocycles. The van der Waals surface area contributed by atoms with Crippen LogP contribution in [0.25, 0.3) is 0 Å². The summed E-state index contributed by atoms with van der Waals surface area (Å²) in [6.07, 6.45) is 2.85. The first-order chi connectivity index (χ1) is 10.1. The highest BCUT2D eigenvalue weighted by atomic mass is 16.5. The molecular formula is C18H27NO2. The van der Waals surface area contributed by atoms with E-state index in [2.05, 4.69) is 38.1 Å². The van der Waals surface area contributed by atoms with Gasteiger partial charge in [-0.25, -0.2) is 0 Å². The largest absolute Gasteiger partial charge is 0.381 e. The van der Waals surface area contributed by atoms with Crippen molar-refractivity contribution < 1.29 is 9.53 Å². The Morgan fingerprint density at radius 3 is 2.48 bits per heavy atom. The van der Waals surface area contributed by atoms with Crippen LogP contribution >= 0.6 is 0 Å². The van der Waals surface area contributed by atoms with Crippen molar-refractivity contribution in [1.29, 1.82) is 0 Å². The molecule has 116 valence electrons. The van der Waals surface area contributed by atoms with Crippen molar-refractivity contribution in [3.8, 4) is 0 Å². The van der Waals surface area contributed by atoms with Crippen LogP contribution in [-0.2, 0) is 9.53 Å². The lowest BCUT2D eigenvalue weighted by atomic mass is 9.88.